The largest absolute Gasteiger partial charge is 0.478 e. The molecule has 0 saturated heterocycles. The van der Waals surface area contributed by atoms with Crippen LogP contribution in [0.5, 0.6) is 0 Å². The van der Waals surface area contributed by atoms with Crippen LogP contribution in [0.2, 0.25) is 0 Å². The molecule has 2 aromatic rings. The Hall–Kier alpha value is -4.20. The van der Waals surface area contributed by atoms with Crippen LogP contribution in [0, 0.1) is 11.8 Å². The van der Waals surface area contributed by atoms with Gasteiger partial charge in [0.05, 0.1) is 20.0 Å². The van der Waals surface area contributed by atoms with Crippen LogP contribution in [-0.2, 0) is 46.2 Å². The summed E-state index contributed by atoms with van der Waals surface area (Å²) in [6.45, 7) is 11.0. The lowest BCUT2D eigenvalue weighted by molar-refractivity contribution is -0.156. The summed E-state index contributed by atoms with van der Waals surface area (Å²) in [6, 6.07) is 20.0. The fourth-order valence-electron chi connectivity index (χ4n) is 4.22. The van der Waals surface area contributed by atoms with Crippen molar-refractivity contribution in [3.8, 4) is 0 Å². The fraction of sp³-hybridized carbons (Fsp3) is 0.459. The molecule has 0 aliphatic heterocycles. The molecule has 246 valence electrons. The van der Waals surface area contributed by atoms with E-state index in [1.54, 1.807) is 12.2 Å². The fourth-order valence-corrected chi connectivity index (χ4v) is 4.22. The van der Waals surface area contributed by atoms with Gasteiger partial charge in [-0.15, -0.1) is 0 Å². The lowest BCUT2D eigenvalue weighted by Crippen LogP contribution is -2.25. The van der Waals surface area contributed by atoms with Gasteiger partial charge in [-0.1, -0.05) is 72.8 Å². The topological polar surface area (TPSA) is 116 Å². The number of methoxy groups -OCH3 is 1. The van der Waals surface area contributed by atoms with Crippen molar-refractivity contribution in [2.24, 2.45) is 11.8 Å². The van der Waals surface area contributed by atoms with E-state index >= 15 is 0 Å². The molecule has 0 fully saturated rings. The monoisotopic (exact) mass is 622 g/mol. The molecule has 8 heteroatoms. The Morgan fingerprint density at radius 3 is 1.38 bits per heavy atom. The minimum absolute atomic E-state index is 0.0656. The molecule has 1 N–H and O–H groups in total. The molecule has 0 aliphatic rings. The summed E-state index contributed by atoms with van der Waals surface area (Å²) < 4.78 is 15.3. The second-order valence-corrected chi connectivity index (χ2v) is 12.7. The maximum absolute atomic E-state index is 12.0. The number of esters is 3. The molecule has 0 unspecified atom stereocenters. The summed E-state index contributed by atoms with van der Waals surface area (Å²) in [5.41, 5.74) is 1.33. The maximum atomic E-state index is 12.0. The Kier molecular flexibility index (Phi) is 17.2. The predicted molar refractivity (Wildman–Crippen MR) is 175 cm³/mol. The van der Waals surface area contributed by atoms with Crippen molar-refractivity contribution in [2.45, 2.75) is 91.3 Å². The van der Waals surface area contributed by atoms with Crippen LogP contribution in [-0.4, -0.2) is 47.3 Å². The number of carbonyl (C=O) groups is 4. The molecule has 0 amide bonds. The zero-order valence-electron chi connectivity index (χ0n) is 27.8. The highest BCUT2D eigenvalue weighted by atomic mass is 16.6. The van der Waals surface area contributed by atoms with Crippen LogP contribution in [0.25, 0.3) is 0 Å². The van der Waals surface area contributed by atoms with Gasteiger partial charge < -0.3 is 19.3 Å². The van der Waals surface area contributed by atoms with E-state index < -0.39 is 23.1 Å². The summed E-state index contributed by atoms with van der Waals surface area (Å²) in [4.78, 5) is 45.9. The number of hydrogen-bond donors (Lipinski definition) is 1. The molecule has 2 atom stereocenters. The molecule has 0 bridgehead atoms. The van der Waals surface area contributed by atoms with Gasteiger partial charge in [0, 0.05) is 12.2 Å². The average Bonchev–Trinajstić information content (AvgIpc) is 2.95. The van der Waals surface area contributed by atoms with E-state index in [2.05, 4.69) is 16.9 Å². The third-order valence-electron chi connectivity index (χ3n) is 6.21. The van der Waals surface area contributed by atoms with E-state index in [1.165, 1.54) is 24.3 Å². The quantitative estimate of drug-likeness (QED) is 0.133. The van der Waals surface area contributed by atoms with Gasteiger partial charge in [-0.25, -0.2) is 9.59 Å². The van der Waals surface area contributed by atoms with Crippen LogP contribution in [0.3, 0.4) is 0 Å². The van der Waals surface area contributed by atoms with Gasteiger partial charge in [0.25, 0.3) is 0 Å². The number of rotatable bonds is 14. The van der Waals surface area contributed by atoms with Gasteiger partial charge in [0.15, 0.2) is 0 Å². The van der Waals surface area contributed by atoms with Crippen LogP contribution < -0.4 is 0 Å². The third kappa shape index (κ3) is 21.2. The van der Waals surface area contributed by atoms with Gasteiger partial charge in [0.2, 0.25) is 0 Å². The molecular weight excluding hydrogens is 572 g/mol. The number of allylic oxidation sites excluding steroid dienone is 2. The number of carboxylic acids is 1. The van der Waals surface area contributed by atoms with E-state index in [9.17, 15) is 19.2 Å². The van der Waals surface area contributed by atoms with Crippen molar-refractivity contribution in [3.63, 3.8) is 0 Å². The highest BCUT2D eigenvalue weighted by molar-refractivity contribution is 5.82. The Morgan fingerprint density at radius 1 is 0.667 bits per heavy atom. The lowest BCUT2D eigenvalue weighted by atomic mass is 9.96. The molecule has 0 heterocycles. The SMILES string of the molecule is CC(C)(C)OC(=O)C[C@H](/C=C/C(=O)O)CCc1ccccc1.COC(=O)/C=C/[C@H](CCc1ccccc1)CC(=O)OC(C)(C)C. The number of aryl methyl sites for hydroxylation is 2. The minimum atomic E-state index is -1.01. The van der Waals surface area contributed by atoms with Gasteiger partial charge in [-0.2, -0.15) is 0 Å². The molecule has 0 aromatic heterocycles. The summed E-state index contributed by atoms with van der Waals surface area (Å²) in [5.74, 6) is -2.20. The molecule has 45 heavy (non-hydrogen) atoms. The standard InChI is InChI=1S/C19H26O4.C18H24O4/c1-19(2,3)23-18(21)14-16(12-13-17(20)22-4)11-10-15-8-6-5-7-9-15;1-18(2,3)22-17(21)13-15(11-12-16(19)20)10-9-14-7-5-4-6-8-14/h5-9,12-13,16H,10-11,14H2,1-4H3;4-8,11-12,15H,9-10,13H2,1-3H3,(H,19,20)/b13-12+;12-11+/t16-;15-/m00/s1. The molecular formula is C37H50O8. The van der Waals surface area contributed by atoms with Gasteiger partial charge >= 0.3 is 23.9 Å². The summed E-state index contributed by atoms with van der Waals surface area (Å²) in [6.07, 6.45) is 9.31. The Balaban J connectivity index is 0.000000450. The Morgan fingerprint density at radius 2 is 1.04 bits per heavy atom. The summed E-state index contributed by atoms with van der Waals surface area (Å²) in [7, 11) is 1.33. The number of carboxylic acid groups (broad SMARTS) is 1. The smallest absolute Gasteiger partial charge is 0.330 e. The minimum Gasteiger partial charge on any atom is -0.478 e. The first kappa shape index (κ1) is 38.8. The van der Waals surface area contributed by atoms with Crippen LogP contribution >= 0.6 is 0 Å². The van der Waals surface area contributed by atoms with Crippen LogP contribution in [0.1, 0.15) is 78.4 Å². The first-order valence-corrected chi connectivity index (χ1v) is 15.2. The highest BCUT2D eigenvalue weighted by Crippen LogP contribution is 2.20. The second kappa shape index (κ2) is 20.0. The second-order valence-electron chi connectivity index (χ2n) is 12.7. The number of hydrogen-bond acceptors (Lipinski definition) is 7. The van der Waals surface area contributed by atoms with Crippen LogP contribution in [0.15, 0.2) is 85.0 Å². The van der Waals surface area contributed by atoms with Gasteiger partial charge in [-0.3, -0.25) is 9.59 Å². The first-order chi connectivity index (χ1) is 21.1. The number of benzene rings is 2. The zero-order chi connectivity index (χ0) is 33.9. The van der Waals surface area contributed by atoms with E-state index in [1.807, 2.05) is 90.1 Å². The van der Waals surface area contributed by atoms with Crippen molar-refractivity contribution >= 4 is 23.9 Å². The lowest BCUT2D eigenvalue weighted by Gasteiger charge is -2.21. The highest BCUT2D eigenvalue weighted by Gasteiger charge is 2.21. The predicted octanol–water partition coefficient (Wildman–Crippen LogP) is 7.30. The summed E-state index contributed by atoms with van der Waals surface area (Å²) >= 11 is 0. The molecule has 2 rings (SSSR count). The van der Waals surface area contributed by atoms with E-state index in [4.69, 9.17) is 14.6 Å². The Bertz CT molecular complexity index is 1230. The molecule has 0 aliphatic carbocycles. The third-order valence-corrected chi connectivity index (χ3v) is 6.21. The molecule has 0 spiro atoms. The first-order valence-electron chi connectivity index (χ1n) is 15.2. The van der Waals surface area contributed by atoms with E-state index in [0.29, 0.717) is 6.42 Å². The normalized spacial score (nSPS) is 13.0. The van der Waals surface area contributed by atoms with Crippen LogP contribution in [0.4, 0.5) is 0 Å². The summed E-state index contributed by atoms with van der Waals surface area (Å²) in [5, 5.41) is 8.77. The van der Waals surface area contributed by atoms with Gasteiger partial charge in [0.1, 0.15) is 11.2 Å². The van der Waals surface area contributed by atoms with Crippen molar-refractivity contribution < 1.29 is 38.5 Å². The van der Waals surface area contributed by atoms with Gasteiger partial charge in [-0.05, 0) is 90.2 Å². The molecule has 2 aromatic carbocycles. The molecule has 0 radical (unpaired) electrons. The molecule has 8 nitrogen and oxygen atoms in total. The Labute approximate surface area is 268 Å². The number of aliphatic carboxylic acids is 1. The average molecular weight is 623 g/mol. The zero-order valence-corrected chi connectivity index (χ0v) is 27.8. The van der Waals surface area contributed by atoms with E-state index in [-0.39, 0.29) is 36.6 Å². The van der Waals surface area contributed by atoms with Crippen molar-refractivity contribution in [1.29, 1.82) is 0 Å². The van der Waals surface area contributed by atoms with Crippen molar-refractivity contribution in [3.05, 3.63) is 96.1 Å². The van der Waals surface area contributed by atoms with Crippen molar-refractivity contribution in [1.82, 2.24) is 0 Å². The maximum Gasteiger partial charge on any atom is 0.330 e. The van der Waals surface area contributed by atoms with Crippen molar-refractivity contribution in [2.75, 3.05) is 7.11 Å². The number of ether oxygens (including phenoxy) is 3. The number of carbonyl (C=O) groups excluding carboxylic acids is 3. The van der Waals surface area contributed by atoms with E-state index in [0.717, 1.165) is 25.3 Å². The molecule has 0 saturated carbocycles.